The minimum Gasteiger partial charge on any atom is -0.208 e. The monoisotopic (exact) mass is 687 g/mol. The first-order valence-electron chi connectivity index (χ1n) is 18.3. The fraction of sp³-hybridized carbons (Fsp3) is 0. The van der Waals surface area contributed by atoms with Crippen molar-refractivity contribution >= 4 is 32.3 Å². The first kappa shape index (κ1) is 31.5. The fourth-order valence-corrected chi connectivity index (χ4v) is 7.61. The number of hydrogen-bond donors (Lipinski definition) is 0. The van der Waals surface area contributed by atoms with Gasteiger partial charge in [-0.15, -0.1) is 0 Å². The van der Waals surface area contributed by atoms with Crippen LogP contribution in [0.25, 0.3) is 99.9 Å². The third-order valence-corrected chi connectivity index (χ3v) is 10.3. The van der Waals surface area contributed by atoms with Crippen LogP contribution in [-0.4, -0.2) is 15.0 Å². The predicted octanol–water partition coefficient (Wildman–Crippen LogP) is 13.3. The van der Waals surface area contributed by atoms with Crippen LogP contribution in [0.1, 0.15) is 0 Å². The molecule has 0 bridgehead atoms. The molecule has 0 radical (unpaired) electrons. The van der Waals surface area contributed by atoms with Crippen LogP contribution in [0.3, 0.4) is 0 Å². The minimum absolute atomic E-state index is 0.635. The maximum Gasteiger partial charge on any atom is 0.164 e. The molecule has 54 heavy (non-hydrogen) atoms. The van der Waals surface area contributed by atoms with Crippen LogP contribution in [0.4, 0.5) is 0 Å². The van der Waals surface area contributed by atoms with E-state index in [0.717, 1.165) is 49.4 Å². The van der Waals surface area contributed by atoms with E-state index in [1.165, 1.54) is 33.0 Å². The standard InChI is InChI=1S/C51H33N3/c1-3-13-34(14-4-1)37-29-30-46-40(31-37)19-12-24-48(46)51-53-49(52-50(54-51)47-22-10-9-21-44(47)35-15-5-2-6-16-35)42-28-26-38-32-41(27-25-39(38)33-42)45-23-11-18-36-17-7-8-20-43(36)45/h1-33H. The van der Waals surface area contributed by atoms with E-state index in [1.54, 1.807) is 0 Å². The van der Waals surface area contributed by atoms with Gasteiger partial charge in [0.05, 0.1) is 0 Å². The molecule has 0 aliphatic heterocycles. The van der Waals surface area contributed by atoms with Gasteiger partial charge >= 0.3 is 0 Å². The van der Waals surface area contributed by atoms with Crippen LogP contribution in [0.2, 0.25) is 0 Å². The average molecular weight is 688 g/mol. The molecule has 0 saturated heterocycles. The number of rotatable bonds is 6. The fourth-order valence-electron chi connectivity index (χ4n) is 7.61. The molecule has 0 unspecified atom stereocenters. The summed E-state index contributed by atoms with van der Waals surface area (Å²) in [6.45, 7) is 0. The summed E-state index contributed by atoms with van der Waals surface area (Å²) in [5.74, 6) is 1.91. The lowest BCUT2D eigenvalue weighted by Crippen LogP contribution is -2.01. The van der Waals surface area contributed by atoms with Crippen LogP contribution < -0.4 is 0 Å². The molecule has 0 spiro atoms. The lowest BCUT2D eigenvalue weighted by molar-refractivity contribution is 1.08. The van der Waals surface area contributed by atoms with Crippen molar-refractivity contribution in [2.24, 2.45) is 0 Å². The van der Waals surface area contributed by atoms with Gasteiger partial charge in [0.15, 0.2) is 17.5 Å². The molecule has 3 heteroatoms. The summed E-state index contributed by atoms with van der Waals surface area (Å²) in [4.78, 5) is 15.6. The Bertz CT molecular complexity index is 2980. The maximum absolute atomic E-state index is 5.23. The van der Waals surface area contributed by atoms with Crippen molar-refractivity contribution < 1.29 is 0 Å². The number of hydrogen-bond acceptors (Lipinski definition) is 3. The van der Waals surface area contributed by atoms with Crippen molar-refractivity contribution in [2.45, 2.75) is 0 Å². The Hall–Kier alpha value is -7.23. The van der Waals surface area contributed by atoms with Crippen molar-refractivity contribution in [2.75, 3.05) is 0 Å². The van der Waals surface area contributed by atoms with Crippen LogP contribution in [-0.2, 0) is 0 Å². The van der Waals surface area contributed by atoms with Gasteiger partial charge in [0.2, 0.25) is 0 Å². The Morgan fingerprint density at radius 1 is 0.222 bits per heavy atom. The summed E-state index contributed by atoms with van der Waals surface area (Å²) in [5.41, 5.74) is 9.84. The number of fused-ring (bicyclic) bond motifs is 3. The van der Waals surface area contributed by atoms with Crippen LogP contribution in [0.15, 0.2) is 200 Å². The highest BCUT2D eigenvalue weighted by Crippen LogP contribution is 2.36. The normalized spacial score (nSPS) is 11.3. The summed E-state index contributed by atoms with van der Waals surface area (Å²) in [6, 6.07) is 70.6. The van der Waals surface area contributed by atoms with Gasteiger partial charge < -0.3 is 0 Å². The van der Waals surface area contributed by atoms with E-state index in [0.29, 0.717) is 17.5 Å². The van der Waals surface area contributed by atoms with Gasteiger partial charge in [-0.05, 0) is 83.9 Å². The molecule has 0 amide bonds. The smallest absolute Gasteiger partial charge is 0.164 e. The van der Waals surface area contributed by atoms with Crippen molar-refractivity contribution in [3.63, 3.8) is 0 Å². The van der Waals surface area contributed by atoms with Crippen molar-refractivity contribution in [1.29, 1.82) is 0 Å². The zero-order chi connectivity index (χ0) is 35.8. The second kappa shape index (κ2) is 13.4. The van der Waals surface area contributed by atoms with E-state index in [1.807, 2.05) is 12.1 Å². The molecule has 9 aromatic carbocycles. The topological polar surface area (TPSA) is 38.7 Å². The molecule has 3 nitrogen and oxygen atoms in total. The van der Waals surface area contributed by atoms with E-state index in [2.05, 4.69) is 188 Å². The summed E-state index contributed by atoms with van der Waals surface area (Å²) >= 11 is 0. The molecule has 0 saturated carbocycles. The van der Waals surface area contributed by atoms with Crippen molar-refractivity contribution in [1.82, 2.24) is 15.0 Å². The van der Waals surface area contributed by atoms with E-state index >= 15 is 0 Å². The number of benzene rings is 9. The molecule has 0 aliphatic carbocycles. The molecule has 1 heterocycles. The largest absolute Gasteiger partial charge is 0.208 e. The SMILES string of the molecule is c1ccc(-c2ccc3c(-c4nc(-c5ccc6cc(-c7cccc8ccccc78)ccc6c5)nc(-c5ccccc5-c5ccccc5)n4)cccc3c2)cc1. The zero-order valence-corrected chi connectivity index (χ0v) is 29.4. The number of nitrogens with zero attached hydrogens (tertiary/aromatic N) is 3. The predicted molar refractivity (Wildman–Crippen MR) is 225 cm³/mol. The van der Waals surface area contributed by atoms with Gasteiger partial charge in [0.1, 0.15) is 0 Å². The summed E-state index contributed by atoms with van der Waals surface area (Å²) in [5, 5.41) is 7.01. The highest BCUT2D eigenvalue weighted by atomic mass is 15.0. The molecule has 10 aromatic rings. The molecule has 0 atom stereocenters. The quantitative estimate of drug-likeness (QED) is 0.175. The van der Waals surface area contributed by atoms with Crippen LogP contribution in [0, 0.1) is 0 Å². The lowest BCUT2D eigenvalue weighted by atomic mass is 9.95. The lowest BCUT2D eigenvalue weighted by Gasteiger charge is -2.14. The maximum atomic E-state index is 5.23. The molecule has 252 valence electrons. The summed E-state index contributed by atoms with van der Waals surface area (Å²) in [7, 11) is 0. The molecule has 0 aliphatic rings. The third-order valence-electron chi connectivity index (χ3n) is 10.3. The first-order valence-corrected chi connectivity index (χ1v) is 18.3. The van der Waals surface area contributed by atoms with Gasteiger partial charge in [-0.1, -0.05) is 182 Å². The molecule has 10 rings (SSSR count). The summed E-state index contributed by atoms with van der Waals surface area (Å²) < 4.78 is 0. The molecule has 0 fully saturated rings. The molecule has 1 aromatic heterocycles. The average Bonchev–Trinajstić information content (AvgIpc) is 3.26. The van der Waals surface area contributed by atoms with Crippen LogP contribution >= 0.6 is 0 Å². The van der Waals surface area contributed by atoms with E-state index < -0.39 is 0 Å². The highest BCUT2D eigenvalue weighted by molar-refractivity contribution is 6.00. The summed E-state index contributed by atoms with van der Waals surface area (Å²) in [6.07, 6.45) is 0. The van der Waals surface area contributed by atoms with E-state index in [9.17, 15) is 0 Å². The molecule has 0 N–H and O–H groups in total. The second-order valence-electron chi connectivity index (χ2n) is 13.6. The van der Waals surface area contributed by atoms with Gasteiger partial charge in [-0.3, -0.25) is 0 Å². The Balaban J connectivity index is 1.13. The third kappa shape index (κ3) is 5.78. The Morgan fingerprint density at radius 3 is 1.52 bits per heavy atom. The van der Waals surface area contributed by atoms with Crippen molar-refractivity contribution in [3.05, 3.63) is 200 Å². The van der Waals surface area contributed by atoms with Gasteiger partial charge in [-0.2, -0.15) is 0 Å². The Kier molecular flexibility index (Phi) is 7.81. The van der Waals surface area contributed by atoms with E-state index in [-0.39, 0.29) is 0 Å². The zero-order valence-electron chi connectivity index (χ0n) is 29.4. The Labute approximate surface area is 313 Å². The van der Waals surface area contributed by atoms with E-state index in [4.69, 9.17) is 15.0 Å². The van der Waals surface area contributed by atoms with Gasteiger partial charge in [0, 0.05) is 16.7 Å². The molecular formula is C51H33N3. The Morgan fingerprint density at radius 2 is 0.722 bits per heavy atom. The second-order valence-corrected chi connectivity index (χ2v) is 13.6. The number of aromatic nitrogens is 3. The van der Waals surface area contributed by atoms with Crippen molar-refractivity contribution in [3.8, 4) is 67.5 Å². The van der Waals surface area contributed by atoms with Crippen LogP contribution in [0.5, 0.6) is 0 Å². The van der Waals surface area contributed by atoms with Gasteiger partial charge in [-0.25, -0.2) is 15.0 Å². The van der Waals surface area contributed by atoms with Gasteiger partial charge in [0.25, 0.3) is 0 Å². The molecular weight excluding hydrogens is 655 g/mol. The minimum atomic E-state index is 0.635. The first-order chi connectivity index (χ1) is 26.7. The highest BCUT2D eigenvalue weighted by Gasteiger charge is 2.17.